The zero-order valence-electron chi connectivity index (χ0n) is 58.5. The fraction of sp³-hybridized carbons (Fsp3) is 0.667. The molecule has 0 aliphatic carbocycles. The Balaban J connectivity index is 1.32. The monoisotopic (exact) mass is 1340 g/mol. The van der Waals surface area contributed by atoms with E-state index >= 15 is 0 Å². The van der Waals surface area contributed by atoms with E-state index < -0.39 is 115 Å². The number of hydrogen-bond donors (Lipinski definition) is 8. The standard InChI is InChI=1S/C72H118N2O17P2/c1-49(2)25-15-26-50(3)27-16-28-51(4)29-17-30-52(5)31-18-32-53(6)33-19-34-54(7)35-20-36-55(8)37-21-38-56(9)39-22-40-57(10)41-23-42-58(11)43-24-44-59(12)45-46-85-92(81,82)91-93(83,84)90-72-65-69(86-60(13)70(80)74-65)68(63(48-76)88-72)89-71-64(73-61(14)77)67(79)66(78)62(47-75)87-71/h25,27,29,31,33,35,37,39,41,43,45,60,62-69,71-72,75-76,78-79H,15-24,26,28,30,32,34,36,38,40,42,44,46-48H2,1-14H3,(H,73,77)(H,74,80)(H,81,82)(H,83,84)/b50-27+,51-29+,52-31-,53-33-,54-35-,55-37-,56-39-,57-41-,58-43-,59-45-/t60?,62-,63-,64-,65?,66-,67-,68-,69?,71-,72-/m1/s1. The van der Waals surface area contributed by atoms with Crippen LogP contribution in [-0.2, 0) is 51.0 Å². The average Bonchev–Trinajstić information content (AvgIpc) is 0.769. The highest BCUT2D eigenvalue weighted by Gasteiger charge is 2.56. The maximum Gasteiger partial charge on any atom is 0.483 e. The first kappa shape index (κ1) is 83.2. The number of carbonyl (C=O) groups excluding carboxylic acids is 2. The number of aliphatic hydroxyl groups excluding tert-OH is 4. The molecule has 93 heavy (non-hydrogen) atoms. The largest absolute Gasteiger partial charge is 0.483 e. The van der Waals surface area contributed by atoms with Crippen molar-refractivity contribution in [3.8, 4) is 0 Å². The summed E-state index contributed by atoms with van der Waals surface area (Å²) in [5, 5.41) is 46.4. The lowest BCUT2D eigenvalue weighted by atomic mass is 9.93. The van der Waals surface area contributed by atoms with Gasteiger partial charge in [0.2, 0.25) is 11.8 Å². The van der Waals surface area contributed by atoms with E-state index in [2.05, 4.69) is 152 Å². The molecule has 3 saturated heterocycles. The van der Waals surface area contributed by atoms with E-state index in [0.29, 0.717) is 12.8 Å². The van der Waals surface area contributed by atoms with Gasteiger partial charge in [0, 0.05) is 6.92 Å². The Kier molecular flexibility index (Phi) is 39.4. The van der Waals surface area contributed by atoms with Gasteiger partial charge in [0.25, 0.3) is 0 Å². The minimum atomic E-state index is -5.56. The third kappa shape index (κ3) is 34.2. The molecule has 0 aromatic rings. The maximum absolute atomic E-state index is 13.3. The van der Waals surface area contributed by atoms with Gasteiger partial charge in [-0.3, -0.25) is 18.6 Å². The van der Waals surface area contributed by atoms with Gasteiger partial charge in [0.15, 0.2) is 12.6 Å². The summed E-state index contributed by atoms with van der Waals surface area (Å²) in [5.41, 5.74) is 15.2. The summed E-state index contributed by atoms with van der Waals surface area (Å²) in [5.74, 6) is -1.35. The lowest BCUT2D eigenvalue weighted by molar-refractivity contribution is -0.334. The molecule has 3 fully saturated rings. The normalized spacial score (nSPS) is 26.5. The smallest absolute Gasteiger partial charge is 0.394 e. The molecular formula is C72H118N2O17P2. The number of phosphoric acid groups is 2. The second-order valence-corrected chi connectivity index (χ2v) is 29.1. The van der Waals surface area contributed by atoms with Gasteiger partial charge in [0.1, 0.15) is 54.8 Å². The Morgan fingerprint density at radius 3 is 1.18 bits per heavy atom. The van der Waals surface area contributed by atoms with Crippen LogP contribution in [-0.4, -0.2) is 129 Å². The third-order valence-corrected chi connectivity index (χ3v) is 19.5. The molecule has 0 aromatic heterocycles. The van der Waals surface area contributed by atoms with Crippen molar-refractivity contribution in [2.24, 2.45) is 0 Å². The molecule has 5 unspecified atom stereocenters. The number of hydrogen-bond acceptors (Lipinski definition) is 15. The van der Waals surface area contributed by atoms with Gasteiger partial charge >= 0.3 is 15.6 Å². The van der Waals surface area contributed by atoms with Crippen molar-refractivity contribution >= 4 is 27.5 Å². The molecule has 0 radical (unpaired) electrons. The minimum Gasteiger partial charge on any atom is -0.394 e. The predicted octanol–water partition coefficient (Wildman–Crippen LogP) is 14.8. The summed E-state index contributed by atoms with van der Waals surface area (Å²) in [6.07, 6.45) is 32.4. The van der Waals surface area contributed by atoms with Crippen LogP contribution in [0.15, 0.2) is 128 Å². The number of nitrogens with one attached hydrogen (secondary N) is 2. The van der Waals surface area contributed by atoms with Crippen molar-refractivity contribution in [1.29, 1.82) is 0 Å². The van der Waals surface area contributed by atoms with Crippen LogP contribution >= 0.6 is 15.6 Å². The molecule has 3 rings (SSSR count). The molecule has 0 bridgehead atoms. The number of aliphatic hydroxyl groups is 4. The topological polar surface area (TPSA) is 278 Å². The SMILES string of the molecule is CC(=O)N[C@H]1[C@@H](O[C@H]2C3OC(C)C(=O)NC3[C@@H](OP(=O)(O)OP(=O)(O)OC/C=C(/C)CC/C=C(/C)CC/C=C(/C)CC/C=C(/C)CC/C=C(/C)CC/C=C(/C)CC/C=C(/C)CC/C=C(/C)CC/C=C(\C)CC/C=C(\C)CCC=C(C)C)O[C@@H]2CO)O[C@H](CO)[C@@H](O)[C@@H]1O. The number of fused-ring (bicyclic) bond motifs is 1. The molecule has 3 aliphatic heterocycles. The predicted molar refractivity (Wildman–Crippen MR) is 369 cm³/mol. The second-order valence-electron chi connectivity index (χ2n) is 26.1. The van der Waals surface area contributed by atoms with Crippen LogP contribution in [0.5, 0.6) is 0 Å². The van der Waals surface area contributed by atoms with Crippen LogP contribution in [0, 0.1) is 0 Å². The number of ether oxygens (including phenoxy) is 4. The van der Waals surface area contributed by atoms with Crippen LogP contribution in [0.1, 0.15) is 225 Å². The summed E-state index contributed by atoms with van der Waals surface area (Å²) in [7, 11) is -10.8. The van der Waals surface area contributed by atoms with E-state index in [0.717, 1.165) is 128 Å². The molecule has 0 spiro atoms. The van der Waals surface area contributed by atoms with Crippen LogP contribution in [0.25, 0.3) is 0 Å². The van der Waals surface area contributed by atoms with Crippen LogP contribution in [0.4, 0.5) is 0 Å². The highest BCUT2D eigenvalue weighted by molar-refractivity contribution is 7.61. The van der Waals surface area contributed by atoms with E-state index in [4.69, 9.17) is 28.0 Å². The zero-order chi connectivity index (χ0) is 69.3. The molecule has 3 heterocycles. The van der Waals surface area contributed by atoms with Crippen molar-refractivity contribution < 1.29 is 81.2 Å². The molecule has 528 valence electrons. The van der Waals surface area contributed by atoms with Gasteiger partial charge in [0.05, 0.1) is 19.8 Å². The molecule has 0 saturated carbocycles. The summed E-state index contributed by atoms with van der Waals surface area (Å²) < 4.78 is 64.3. The lowest BCUT2D eigenvalue weighted by Crippen LogP contribution is -2.72. The highest BCUT2D eigenvalue weighted by atomic mass is 31.3. The molecule has 3 aliphatic rings. The van der Waals surface area contributed by atoms with Crippen molar-refractivity contribution in [2.75, 3.05) is 19.8 Å². The fourth-order valence-corrected chi connectivity index (χ4v) is 13.1. The first-order chi connectivity index (χ1) is 43.9. The van der Waals surface area contributed by atoms with Crippen molar-refractivity contribution in [3.63, 3.8) is 0 Å². The molecular weight excluding hydrogens is 1230 g/mol. The second kappa shape index (κ2) is 44.0. The maximum atomic E-state index is 13.3. The minimum absolute atomic E-state index is 0.451. The molecule has 19 nitrogen and oxygen atoms in total. The van der Waals surface area contributed by atoms with Crippen LogP contribution < -0.4 is 10.6 Å². The Labute approximate surface area is 557 Å². The summed E-state index contributed by atoms with van der Waals surface area (Å²) in [6.45, 7) is 26.7. The van der Waals surface area contributed by atoms with E-state index in [1.807, 2.05) is 6.92 Å². The van der Waals surface area contributed by atoms with Gasteiger partial charge in [-0.1, -0.05) is 128 Å². The molecule has 8 N–H and O–H groups in total. The lowest BCUT2D eigenvalue weighted by Gasteiger charge is -2.51. The fourth-order valence-electron chi connectivity index (χ4n) is 11.0. The summed E-state index contributed by atoms with van der Waals surface area (Å²) in [4.78, 5) is 46.0. The Morgan fingerprint density at radius 2 is 0.839 bits per heavy atom. The zero-order valence-corrected chi connectivity index (χ0v) is 60.3. The van der Waals surface area contributed by atoms with Gasteiger partial charge in [-0.15, -0.1) is 0 Å². The van der Waals surface area contributed by atoms with Crippen molar-refractivity contribution in [2.45, 2.75) is 293 Å². The Bertz CT molecular complexity index is 2790. The van der Waals surface area contributed by atoms with E-state index in [9.17, 15) is 48.9 Å². The van der Waals surface area contributed by atoms with E-state index in [1.165, 1.54) is 62.7 Å². The first-order valence-corrected chi connectivity index (χ1v) is 36.6. The molecule has 0 aromatic carbocycles. The number of rotatable bonds is 42. The van der Waals surface area contributed by atoms with Gasteiger partial charge in [-0.05, 0) is 218 Å². The number of amides is 2. The molecule has 21 heteroatoms. The van der Waals surface area contributed by atoms with Crippen molar-refractivity contribution in [1.82, 2.24) is 10.6 Å². The highest BCUT2D eigenvalue weighted by Crippen LogP contribution is 2.61. The Hall–Kier alpha value is -3.98. The molecule has 2 amide bonds. The molecule has 13 atom stereocenters. The summed E-state index contributed by atoms with van der Waals surface area (Å²) in [6, 6.07) is -2.90. The van der Waals surface area contributed by atoms with Crippen LogP contribution in [0.3, 0.4) is 0 Å². The van der Waals surface area contributed by atoms with Gasteiger partial charge in [-0.25, -0.2) is 9.13 Å². The number of allylic oxidation sites excluding steroid dienone is 21. The summed E-state index contributed by atoms with van der Waals surface area (Å²) >= 11 is 0. The van der Waals surface area contributed by atoms with E-state index in [-0.39, 0.29) is 0 Å². The first-order valence-electron chi connectivity index (χ1n) is 33.6. The third-order valence-electron chi connectivity index (χ3n) is 16.9. The number of phosphoric ester groups is 2. The van der Waals surface area contributed by atoms with Crippen molar-refractivity contribution in [3.05, 3.63) is 128 Å². The average molecular weight is 1350 g/mol. The quantitative estimate of drug-likeness (QED) is 0.0208. The number of morpholine rings is 1. The van der Waals surface area contributed by atoms with Gasteiger partial charge in [-0.2, -0.15) is 4.31 Å². The van der Waals surface area contributed by atoms with E-state index in [1.54, 1.807) is 6.08 Å². The van der Waals surface area contributed by atoms with Crippen LogP contribution in [0.2, 0.25) is 0 Å². The number of carbonyl (C=O) groups is 2. The van der Waals surface area contributed by atoms with Gasteiger partial charge < -0.3 is 59.8 Å². The Morgan fingerprint density at radius 1 is 0.495 bits per heavy atom.